The van der Waals surface area contributed by atoms with Gasteiger partial charge in [0, 0.05) is 0 Å². The number of halogens is 2. The van der Waals surface area contributed by atoms with Crippen LogP contribution in [-0.2, 0) is 19.3 Å². The van der Waals surface area contributed by atoms with Crippen molar-refractivity contribution in [2.45, 2.75) is 6.92 Å². The fourth-order valence-electron chi connectivity index (χ4n) is 0. The van der Waals surface area contributed by atoms with E-state index in [4.69, 9.17) is 25.0 Å². The molecule has 45 valence electrons. The van der Waals surface area contributed by atoms with Gasteiger partial charge in [0.2, 0.25) is 0 Å². The van der Waals surface area contributed by atoms with Crippen LogP contribution in [-0.4, -0.2) is 11.9 Å². The average molecular weight is 184 g/mol. The molecule has 0 aliphatic heterocycles. The van der Waals surface area contributed by atoms with Crippen LogP contribution in [0.25, 0.3) is 0 Å². The van der Waals surface area contributed by atoms with Gasteiger partial charge < -0.3 is 0 Å². The Balaban J connectivity index is 0. The molecule has 0 aliphatic rings. The summed E-state index contributed by atoms with van der Waals surface area (Å²) in [5.41, 5.74) is 0. The van der Waals surface area contributed by atoms with E-state index in [-0.39, 0.29) is 14.4 Å². The van der Waals surface area contributed by atoms with Crippen molar-refractivity contribution in [3.8, 4) is 0 Å². The Labute approximate surface area is 58.0 Å². The molecule has 0 radical (unpaired) electrons. The van der Waals surface area contributed by atoms with Crippen LogP contribution in [0.4, 0.5) is 0 Å². The monoisotopic (exact) mass is 183 g/mol. The predicted molar refractivity (Wildman–Crippen MR) is 26.0 cm³/mol. The number of rotatable bonds is 1. The second-order valence-corrected chi connectivity index (χ2v) is 2.79. The molecule has 0 fully saturated rings. The molecule has 0 unspecified atom stereocenters. The molecule has 0 aromatic rings. The Morgan fingerprint density at radius 3 is 1.86 bits per heavy atom. The normalized spacial score (nSPS) is 6.29. The van der Waals surface area contributed by atoms with Gasteiger partial charge in [0.15, 0.2) is 0 Å². The molecule has 0 spiro atoms. The topological polar surface area (TPSA) is 29.5 Å². The van der Waals surface area contributed by atoms with Gasteiger partial charge in [-0.3, -0.25) is 5.26 Å². The zero-order valence-electron chi connectivity index (χ0n) is 3.77. The summed E-state index contributed by atoms with van der Waals surface area (Å²) in [5, 5.41) is 7.38. The van der Waals surface area contributed by atoms with Crippen LogP contribution in [0.1, 0.15) is 6.92 Å². The average Bonchev–Trinajstić information content (AvgIpc) is 1.69. The third kappa shape index (κ3) is 42.2. The molecule has 7 heavy (non-hydrogen) atoms. The first-order valence-electron chi connectivity index (χ1n) is 1.52. The first-order valence-corrected chi connectivity index (χ1v) is 5.36. The number of hydrogen-bond acceptors (Lipinski definition) is 2. The first kappa shape index (κ1) is 11.0. The van der Waals surface area contributed by atoms with Crippen molar-refractivity contribution in [1.29, 1.82) is 0 Å². The molecule has 0 saturated heterocycles. The summed E-state index contributed by atoms with van der Waals surface area (Å²) >= 11 is -0.368. The van der Waals surface area contributed by atoms with Crippen LogP contribution < -0.4 is 0 Å². The van der Waals surface area contributed by atoms with E-state index in [1.807, 2.05) is 0 Å². The van der Waals surface area contributed by atoms with Gasteiger partial charge >= 0.3 is 34.1 Å². The number of hydrogen-bond donors (Lipinski definition) is 1. The first-order chi connectivity index (χ1) is 3.33. The molecule has 0 aromatic carbocycles. The van der Waals surface area contributed by atoms with Crippen molar-refractivity contribution in [2.75, 3.05) is 6.61 Å². The van der Waals surface area contributed by atoms with E-state index in [0.29, 0.717) is 6.61 Å². The van der Waals surface area contributed by atoms with Gasteiger partial charge in [-0.25, -0.2) is 4.89 Å². The molecule has 0 amide bonds. The van der Waals surface area contributed by atoms with E-state index in [2.05, 4.69) is 4.89 Å². The molecule has 5 heteroatoms. The van der Waals surface area contributed by atoms with Crippen LogP contribution in [0.5, 0.6) is 0 Å². The van der Waals surface area contributed by atoms with E-state index >= 15 is 0 Å². The Bertz CT molecular complexity index is 21.2. The van der Waals surface area contributed by atoms with Gasteiger partial charge in [0.05, 0.1) is 6.61 Å². The van der Waals surface area contributed by atoms with E-state index in [0.717, 1.165) is 0 Å². The molecular weight excluding hydrogens is 178 g/mol. The summed E-state index contributed by atoms with van der Waals surface area (Å²) in [4.78, 5) is 3.54. The molecule has 1 N–H and O–H groups in total. The van der Waals surface area contributed by atoms with E-state index in [9.17, 15) is 0 Å². The molecule has 0 saturated carbocycles. The molecule has 2 nitrogen and oxygen atoms in total. The Hall–Kier alpha value is 1.08. The molecular formula is C2H6Cl2O2V. The van der Waals surface area contributed by atoms with Crippen molar-refractivity contribution < 1.29 is 24.5 Å². The molecule has 0 atom stereocenters. The van der Waals surface area contributed by atoms with Gasteiger partial charge in [-0.15, -0.1) is 0 Å². The Kier molecular flexibility index (Phi) is 24.6. The van der Waals surface area contributed by atoms with Crippen molar-refractivity contribution in [2.24, 2.45) is 0 Å². The fourth-order valence-corrected chi connectivity index (χ4v) is 0. The van der Waals surface area contributed by atoms with Gasteiger partial charge in [-0.1, -0.05) is 0 Å². The predicted octanol–water partition coefficient (Wildman–Crippen LogP) is 1.87. The Morgan fingerprint density at radius 1 is 1.71 bits per heavy atom. The fraction of sp³-hybridized carbons (Fsp3) is 1.00. The zero-order chi connectivity index (χ0) is 6.12. The third-order valence-electron chi connectivity index (χ3n) is 0.129. The Morgan fingerprint density at radius 2 is 1.86 bits per heavy atom. The van der Waals surface area contributed by atoms with E-state index in [1.165, 1.54) is 0 Å². The maximum absolute atomic E-state index is 7.38. The van der Waals surface area contributed by atoms with Crippen LogP contribution in [0.3, 0.4) is 0 Å². The van der Waals surface area contributed by atoms with E-state index in [1.54, 1.807) is 6.92 Å². The molecule has 0 bridgehead atoms. The molecule has 0 aromatic heterocycles. The molecule has 0 aliphatic carbocycles. The summed E-state index contributed by atoms with van der Waals surface area (Å²) in [6, 6.07) is 0. The van der Waals surface area contributed by atoms with E-state index < -0.39 is 0 Å². The van der Waals surface area contributed by atoms with Crippen LogP contribution in [0, 0.1) is 0 Å². The van der Waals surface area contributed by atoms with Crippen molar-refractivity contribution >= 4 is 19.7 Å². The maximum atomic E-state index is 7.38. The van der Waals surface area contributed by atoms with Crippen LogP contribution in [0.2, 0.25) is 0 Å². The summed E-state index contributed by atoms with van der Waals surface area (Å²) in [6.07, 6.45) is 0. The second kappa shape index (κ2) is 15.7. The van der Waals surface area contributed by atoms with Gasteiger partial charge in [-0.2, -0.15) is 0 Å². The van der Waals surface area contributed by atoms with Gasteiger partial charge in [0.1, 0.15) is 0 Å². The molecule has 0 heterocycles. The van der Waals surface area contributed by atoms with Gasteiger partial charge in [-0.05, 0) is 6.92 Å². The van der Waals surface area contributed by atoms with Crippen molar-refractivity contribution in [3.63, 3.8) is 0 Å². The SMILES string of the molecule is CCOO.[Cl][V][Cl]. The minimum atomic E-state index is -0.368. The second-order valence-electron chi connectivity index (χ2n) is 0.482. The molecule has 0 rings (SSSR count). The quantitative estimate of drug-likeness (QED) is 0.497. The zero-order valence-corrected chi connectivity index (χ0v) is 6.67. The minimum absolute atomic E-state index is 0.368. The van der Waals surface area contributed by atoms with Crippen molar-refractivity contribution in [3.05, 3.63) is 0 Å². The third-order valence-corrected chi connectivity index (χ3v) is 0.129. The summed E-state index contributed by atoms with van der Waals surface area (Å²) < 4.78 is 0. The summed E-state index contributed by atoms with van der Waals surface area (Å²) in [7, 11) is 9.72. The van der Waals surface area contributed by atoms with Crippen molar-refractivity contribution in [1.82, 2.24) is 0 Å². The van der Waals surface area contributed by atoms with Crippen LogP contribution >= 0.6 is 19.7 Å². The summed E-state index contributed by atoms with van der Waals surface area (Å²) in [6.45, 7) is 2.08. The van der Waals surface area contributed by atoms with Gasteiger partial charge in [0.25, 0.3) is 0 Å². The van der Waals surface area contributed by atoms with Crippen LogP contribution in [0.15, 0.2) is 0 Å². The standard InChI is InChI=1S/C2H6O2.2ClH.V/c1-2-4-3;;;/h3H,2H2,1H3;2*1H;/q;;;+2/p-2. The summed E-state index contributed by atoms with van der Waals surface area (Å²) in [5.74, 6) is 0.